The van der Waals surface area contributed by atoms with E-state index in [-0.39, 0.29) is 11.7 Å². The zero-order chi connectivity index (χ0) is 19.0. The number of thiazole rings is 2. The minimum absolute atomic E-state index is 0.0896. The second-order valence-corrected chi connectivity index (χ2v) is 8.38. The van der Waals surface area contributed by atoms with Gasteiger partial charge in [-0.25, -0.2) is 9.97 Å². The number of aryl methyl sites for hydroxylation is 1. The predicted molar refractivity (Wildman–Crippen MR) is 101 cm³/mol. The third-order valence-corrected chi connectivity index (χ3v) is 6.09. The van der Waals surface area contributed by atoms with Crippen molar-refractivity contribution in [3.63, 3.8) is 0 Å². The molecule has 0 saturated heterocycles. The monoisotopic (exact) mass is 407 g/mol. The normalized spacial score (nSPS) is 13.8. The van der Waals surface area contributed by atoms with Crippen LogP contribution < -0.4 is 10.1 Å². The van der Waals surface area contributed by atoms with Gasteiger partial charge in [0.25, 0.3) is 5.91 Å². The number of benzene rings is 1. The zero-order valence-corrected chi connectivity index (χ0v) is 15.9. The van der Waals surface area contributed by atoms with E-state index in [9.17, 15) is 13.6 Å². The lowest BCUT2D eigenvalue weighted by atomic mass is 10.1. The zero-order valence-electron chi connectivity index (χ0n) is 14.2. The summed E-state index contributed by atoms with van der Waals surface area (Å²) in [5.74, 6) is 0.384. The number of carbonyl (C=O) groups is 1. The summed E-state index contributed by atoms with van der Waals surface area (Å²) in [4.78, 5) is 22.7. The highest BCUT2D eigenvalue weighted by Gasteiger charge is 2.27. The Morgan fingerprint density at radius 2 is 2.00 bits per heavy atom. The van der Waals surface area contributed by atoms with E-state index in [2.05, 4.69) is 20.0 Å². The van der Waals surface area contributed by atoms with Crippen molar-refractivity contribution in [3.8, 4) is 17.0 Å². The number of halogens is 2. The molecule has 0 aliphatic heterocycles. The van der Waals surface area contributed by atoms with Gasteiger partial charge in [0.2, 0.25) is 0 Å². The number of hydrogen-bond acceptors (Lipinski definition) is 6. The molecule has 3 aromatic rings. The smallest absolute Gasteiger partial charge is 0.387 e. The van der Waals surface area contributed by atoms with Crippen LogP contribution in [-0.4, -0.2) is 22.5 Å². The number of hydrogen-bond donors (Lipinski definition) is 1. The molecule has 1 amide bonds. The summed E-state index contributed by atoms with van der Waals surface area (Å²) >= 11 is 2.79. The second kappa shape index (κ2) is 7.32. The van der Waals surface area contributed by atoms with Gasteiger partial charge >= 0.3 is 6.61 Å². The van der Waals surface area contributed by atoms with Crippen molar-refractivity contribution >= 4 is 33.7 Å². The highest BCUT2D eigenvalue weighted by atomic mass is 32.1. The molecule has 140 valence electrons. The highest BCUT2D eigenvalue weighted by molar-refractivity contribution is 7.16. The predicted octanol–water partition coefficient (Wildman–Crippen LogP) is 5.31. The third kappa shape index (κ3) is 4.14. The Morgan fingerprint density at radius 3 is 2.67 bits per heavy atom. The summed E-state index contributed by atoms with van der Waals surface area (Å²) in [7, 11) is 0. The summed E-state index contributed by atoms with van der Waals surface area (Å²) in [6, 6.07) is 6.26. The molecule has 2 heterocycles. The average molecular weight is 407 g/mol. The van der Waals surface area contributed by atoms with Gasteiger partial charge in [-0.05, 0) is 44.0 Å². The molecule has 27 heavy (non-hydrogen) atoms. The van der Waals surface area contributed by atoms with Gasteiger partial charge in [-0.2, -0.15) is 8.78 Å². The van der Waals surface area contributed by atoms with Crippen molar-refractivity contribution in [2.24, 2.45) is 0 Å². The molecule has 1 aliphatic rings. The molecule has 0 bridgehead atoms. The molecule has 1 saturated carbocycles. The van der Waals surface area contributed by atoms with Crippen molar-refractivity contribution in [2.75, 3.05) is 5.32 Å². The Bertz CT molecular complexity index is 965. The second-order valence-electron chi connectivity index (χ2n) is 6.12. The maximum Gasteiger partial charge on any atom is 0.387 e. The first-order chi connectivity index (χ1) is 13.0. The van der Waals surface area contributed by atoms with Crippen molar-refractivity contribution in [2.45, 2.75) is 32.3 Å². The van der Waals surface area contributed by atoms with Crippen LogP contribution in [0.2, 0.25) is 0 Å². The molecule has 4 rings (SSSR count). The van der Waals surface area contributed by atoms with Gasteiger partial charge in [0.1, 0.15) is 10.6 Å². The first kappa shape index (κ1) is 18.0. The molecule has 9 heteroatoms. The standard InChI is InChI=1S/C18H15F2N3O2S2/c1-9-14(10-4-6-12(7-5-10)25-17(19)20)22-18(26-9)23-15(24)13-8-21-16(27-13)11-2-3-11/h4-8,11,17H,2-3H2,1H3,(H,22,23,24). The molecule has 1 aromatic carbocycles. The van der Waals surface area contributed by atoms with Gasteiger partial charge in [0.05, 0.1) is 16.9 Å². The van der Waals surface area contributed by atoms with Crippen molar-refractivity contribution in [1.29, 1.82) is 0 Å². The van der Waals surface area contributed by atoms with Crippen LogP contribution in [0.4, 0.5) is 13.9 Å². The van der Waals surface area contributed by atoms with E-state index in [0.717, 1.165) is 28.3 Å². The molecule has 0 radical (unpaired) electrons. The molecule has 2 aromatic heterocycles. The number of anilines is 1. The summed E-state index contributed by atoms with van der Waals surface area (Å²) in [6.07, 6.45) is 3.90. The highest BCUT2D eigenvalue weighted by Crippen LogP contribution is 2.42. The van der Waals surface area contributed by atoms with Gasteiger partial charge in [-0.15, -0.1) is 22.7 Å². The number of rotatable bonds is 6. The molecule has 0 atom stereocenters. The summed E-state index contributed by atoms with van der Waals surface area (Å²) in [6.45, 7) is -0.963. The molecular weight excluding hydrogens is 392 g/mol. The lowest BCUT2D eigenvalue weighted by Gasteiger charge is -2.05. The maximum absolute atomic E-state index is 12.4. The number of amides is 1. The minimum atomic E-state index is -2.86. The number of carbonyl (C=O) groups excluding carboxylic acids is 1. The van der Waals surface area contributed by atoms with Crippen molar-refractivity contribution in [3.05, 3.63) is 45.2 Å². The molecule has 5 nitrogen and oxygen atoms in total. The first-order valence-electron chi connectivity index (χ1n) is 8.29. The average Bonchev–Trinajstić information content (AvgIpc) is 3.24. The van der Waals surface area contributed by atoms with Crippen molar-refractivity contribution in [1.82, 2.24) is 9.97 Å². The van der Waals surface area contributed by atoms with Gasteiger partial charge in [-0.1, -0.05) is 0 Å². The van der Waals surface area contributed by atoms with E-state index < -0.39 is 6.61 Å². The molecule has 1 aliphatic carbocycles. The summed E-state index contributed by atoms with van der Waals surface area (Å²) in [5, 5.41) is 4.32. The van der Waals surface area contributed by atoms with Crippen LogP contribution in [0.15, 0.2) is 30.5 Å². The Balaban J connectivity index is 1.48. The maximum atomic E-state index is 12.4. The van der Waals surface area contributed by atoms with E-state index in [1.807, 2.05) is 6.92 Å². The molecule has 0 spiro atoms. The molecule has 0 unspecified atom stereocenters. The van der Waals surface area contributed by atoms with Crippen LogP contribution in [0.25, 0.3) is 11.3 Å². The van der Waals surface area contributed by atoms with Gasteiger partial charge < -0.3 is 4.74 Å². The van der Waals surface area contributed by atoms with Gasteiger partial charge in [0.15, 0.2) is 5.13 Å². The molecular formula is C18H15F2N3O2S2. The third-order valence-electron chi connectivity index (χ3n) is 4.04. The van der Waals surface area contributed by atoms with Gasteiger partial charge in [0, 0.05) is 16.4 Å². The van der Waals surface area contributed by atoms with Crippen LogP contribution in [0.5, 0.6) is 5.75 Å². The fourth-order valence-corrected chi connectivity index (χ4v) is 4.40. The summed E-state index contributed by atoms with van der Waals surface area (Å²) in [5.41, 5.74) is 1.46. The van der Waals surface area contributed by atoms with Crippen LogP contribution in [-0.2, 0) is 0 Å². The number of aromatic nitrogens is 2. The first-order valence-corrected chi connectivity index (χ1v) is 9.92. The van der Waals surface area contributed by atoms with E-state index >= 15 is 0 Å². The number of ether oxygens (including phenoxy) is 1. The van der Waals surface area contributed by atoms with E-state index in [1.165, 1.54) is 34.8 Å². The SMILES string of the molecule is Cc1sc(NC(=O)c2cnc(C3CC3)s2)nc1-c1ccc(OC(F)F)cc1. The Morgan fingerprint density at radius 1 is 1.26 bits per heavy atom. The van der Waals surface area contributed by atoms with Crippen LogP contribution in [0, 0.1) is 6.92 Å². The lowest BCUT2D eigenvalue weighted by molar-refractivity contribution is -0.0498. The van der Waals surface area contributed by atoms with E-state index in [1.54, 1.807) is 18.3 Å². The van der Waals surface area contributed by atoms with Crippen LogP contribution in [0.1, 0.15) is 38.3 Å². The van der Waals surface area contributed by atoms with E-state index in [0.29, 0.717) is 21.6 Å². The van der Waals surface area contributed by atoms with E-state index in [4.69, 9.17) is 0 Å². The summed E-state index contributed by atoms with van der Waals surface area (Å²) < 4.78 is 28.8. The minimum Gasteiger partial charge on any atom is -0.435 e. The van der Waals surface area contributed by atoms with Crippen LogP contribution in [0.3, 0.4) is 0 Å². The lowest BCUT2D eigenvalue weighted by Crippen LogP contribution is -2.09. The fourth-order valence-electron chi connectivity index (χ4n) is 2.58. The largest absolute Gasteiger partial charge is 0.435 e. The van der Waals surface area contributed by atoms with Gasteiger partial charge in [-0.3, -0.25) is 10.1 Å². The number of nitrogens with zero attached hydrogens (tertiary/aromatic N) is 2. The molecule has 1 fully saturated rings. The van der Waals surface area contributed by atoms with Crippen molar-refractivity contribution < 1.29 is 18.3 Å². The Labute approximate surface area is 162 Å². The van der Waals surface area contributed by atoms with Crippen LogP contribution >= 0.6 is 22.7 Å². The topological polar surface area (TPSA) is 64.1 Å². The molecule has 1 N–H and O–H groups in total. The quantitative estimate of drug-likeness (QED) is 0.602. The number of nitrogens with one attached hydrogen (secondary N) is 1. The Hall–Kier alpha value is -2.39. The number of alkyl halides is 2. The fraction of sp³-hybridized carbons (Fsp3) is 0.278. The Kier molecular flexibility index (Phi) is 4.88.